The number of thiazole rings is 1. The molecule has 0 amide bonds. The van der Waals surface area contributed by atoms with Gasteiger partial charge in [-0.1, -0.05) is 6.07 Å². The maximum Gasteiger partial charge on any atom is 0.0969 e. The Labute approximate surface area is 97.9 Å². The van der Waals surface area contributed by atoms with Gasteiger partial charge in [0.05, 0.1) is 27.9 Å². The van der Waals surface area contributed by atoms with Crippen molar-refractivity contribution < 1.29 is 5.11 Å². The Bertz CT molecular complexity index is 519. The third kappa shape index (κ3) is 1.73. The number of aliphatic hydroxyl groups excluding tert-OH is 1. The summed E-state index contributed by atoms with van der Waals surface area (Å²) in [5.74, 6) is 0.701. The fraction of sp³-hybridized carbons (Fsp3) is 0.417. The Morgan fingerprint density at radius 2 is 2.31 bits per heavy atom. The van der Waals surface area contributed by atoms with E-state index in [2.05, 4.69) is 11.1 Å². The molecule has 1 aromatic heterocycles. The highest BCUT2D eigenvalue weighted by atomic mass is 32.1. The van der Waals surface area contributed by atoms with Crippen LogP contribution in [0.5, 0.6) is 0 Å². The highest BCUT2D eigenvalue weighted by Crippen LogP contribution is 2.43. The lowest BCUT2D eigenvalue weighted by Gasteiger charge is -2.07. The van der Waals surface area contributed by atoms with Crippen molar-refractivity contribution in [1.82, 2.24) is 4.98 Å². The van der Waals surface area contributed by atoms with Gasteiger partial charge < -0.3 is 10.8 Å². The van der Waals surface area contributed by atoms with Crippen molar-refractivity contribution in [2.75, 3.05) is 6.61 Å². The largest absolute Gasteiger partial charge is 0.394 e. The minimum absolute atomic E-state index is 0.0141. The molecule has 1 heterocycles. The normalized spacial score (nSPS) is 17.9. The predicted octanol–water partition coefficient (Wildman–Crippen LogP) is 2.17. The molecule has 1 aliphatic rings. The minimum Gasteiger partial charge on any atom is -0.394 e. The van der Waals surface area contributed by atoms with Gasteiger partial charge in [0.15, 0.2) is 0 Å². The Morgan fingerprint density at radius 3 is 3.00 bits per heavy atom. The average molecular weight is 234 g/mol. The molecule has 2 aromatic rings. The first-order chi connectivity index (χ1) is 7.78. The second kappa shape index (κ2) is 3.80. The van der Waals surface area contributed by atoms with Crippen molar-refractivity contribution in [2.45, 2.75) is 24.8 Å². The van der Waals surface area contributed by atoms with Gasteiger partial charge in [0, 0.05) is 5.92 Å². The van der Waals surface area contributed by atoms with Crippen molar-refractivity contribution in [3.63, 3.8) is 0 Å². The molecular weight excluding hydrogens is 220 g/mol. The van der Waals surface area contributed by atoms with Gasteiger partial charge in [0.2, 0.25) is 0 Å². The third-order valence-corrected chi connectivity index (χ3v) is 4.16. The standard InChI is InChI=1S/C12H14N2OS/c13-9(6-15)8-3-4-10-11(5-8)16-12(14-10)7-1-2-7/h3-5,7,9,15H,1-2,6,13H2. The summed E-state index contributed by atoms with van der Waals surface area (Å²) in [7, 11) is 0. The molecule has 0 saturated heterocycles. The van der Waals surface area contributed by atoms with Gasteiger partial charge in [-0.3, -0.25) is 0 Å². The van der Waals surface area contributed by atoms with Crippen molar-refractivity contribution in [1.29, 1.82) is 0 Å². The summed E-state index contributed by atoms with van der Waals surface area (Å²) in [6, 6.07) is 5.73. The van der Waals surface area contributed by atoms with E-state index in [-0.39, 0.29) is 12.6 Å². The Kier molecular flexibility index (Phi) is 2.42. The van der Waals surface area contributed by atoms with Crippen LogP contribution >= 0.6 is 11.3 Å². The van der Waals surface area contributed by atoms with Gasteiger partial charge in [-0.05, 0) is 30.5 Å². The molecule has 0 radical (unpaired) electrons. The first-order valence-electron chi connectivity index (χ1n) is 5.55. The summed E-state index contributed by atoms with van der Waals surface area (Å²) in [4.78, 5) is 4.62. The Balaban J connectivity index is 2.02. The van der Waals surface area contributed by atoms with Crippen LogP contribution in [0.25, 0.3) is 10.2 Å². The van der Waals surface area contributed by atoms with Gasteiger partial charge in [-0.15, -0.1) is 11.3 Å². The first-order valence-corrected chi connectivity index (χ1v) is 6.36. The average Bonchev–Trinajstić information content (AvgIpc) is 3.07. The summed E-state index contributed by atoms with van der Waals surface area (Å²) in [5.41, 5.74) is 7.84. The van der Waals surface area contributed by atoms with Gasteiger partial charge >= 0.3 is 0 Å². The molecule has 0 bridgehead atoms. The molecule has 1 aromatic carbocycles. The summed E-state index contributed by atoms with van der Waals surface area (Å²) in [6.07, 6.45) is 2.56. The number of aliphatic hydroxyl groups is 1. The zero-order valence-electron chi connectivity index (χ0n) is 8.89. The third-order valence-electron chi connectivity index (χ3n) is 2.98. The van der Waals surface area contributed by atoms with Crippen LogP contribution < -0.4 is 5.73 Å². The lowest BCUT2D eigenvalue weighted by atomic mass is 10.1. The molecule has 4 heteroatoms. The maximum absolute atomic E-state index is 9.03. The summed E-state index contributed by atoms with van der Waals surface area (Å²) < 4.78 is 1.18. The van der Waals surface area contributed by atoms with Crippen LogP contribution in [0.3, 0.4) is 0 Å². The highest BCUT2D eigenvalue weighted by molar-refractivity contribution is 7.18. The molecule has 1 aliphatic carbocycles. The van der Waals surface area contributed by atoms with Crippen LogP contribution in [-0.4, -0.2) is 16.7 Å². The number of nitrogens with two attached hydrogens (primary N) is 1. The van der Waals surface area contributed by atoms with Gasteiger partial charge in [-0.2, -0.15) is 0 Å². The second-order valence-electron chi connectivity index (χ2n) is 4.34. The monoisotopic (exact) mass is 234 g/mol. The molecule has 3 nitrogen and oxygen atoms in total. The number of rotatable bonds is 3. The fourth-order valence-corrected chi connectivity index (χ4v) is 2.98. The van der Waals surface area contributed by atoms with Gasteiger partial charge in [0.1, 0.15) is 0 Å². The summed E-state index contributed by atoms with van der Waals surface area (Å²) in [5, 5.41) is 10.3. The van der Waals surface area contributed by atoms with Crippen LogP contribution in [0, 0.1) is 0 Å². The Hall–Kier alpha value is -0.970. The molecule has 3 rings (SSSR count). The molecule has 0 aliphatic heterocycles. The van der Waals surface area contributed by atoms with E-state index in [0.717, 1.165) is 11.1 Å². The van der Waals surface area contributed by atoms with E-state index in [4.69, 9.17) is 10.8 Å². The molecule has 1 fully saturated rings. The van der Waals surface area contributed by atoms with Crippen molar-refractivity contribution in [3.8, 4) is 0 Å². The Morgan fingerprint density at radius 1 is 1.50 bits per heavy atom. The second-order valence-corrected chi connectivity index (χ2v) is 5.40. The van der Waals surface area contributed by atoms with Crippen LogP contribution in [0.4, 0.5) is 0 Å². The predicted molar refractivity (Wildman–Crippen MR) is 65.6 cm³/mol. The van der Waals surface area contributed by atoms with E-state index >= 15 is 0 Å². The zero-order chi connectivity index (χ0) is 11.1. The number of nitrogens with zero attached hydrogens (tertiary/aromatic N) is 1. The first kappa shape index (κ1) is 10.2. The van der Waals surface area contributed by atoms with Crippen molar-refractivity contribution in [2.24, 2.45) is 5.73 Å². The quantitative estimate of drug-likeness (QED) is 0.855. The highest BCUT2D eigenvalue weighted by Gasteiger charge is 2.27. The molecule has 3 N–H and O–H groups in total. The van der Waals surface area contributed by atoms with E-state index in [1.807, 2.05) is 12.1 Å². The smallest absolute Gasteiger partial charge is 0.0969 e. The summed E-state index contributed by atoms with van der Waals surface area (Å²) in [6.45, 7) is -0.0141. The molecule has 1 saturated carbocycles. The minimum atomic E-state index is -0.282. The molecule has 84 valence electrons. The van der Waals surface area contributed by atoms with Crippen LogP contribution in [0.2, 0.25) is 0 Å². The van der Waals surface area contributed by atoms with Gasteiger partial charge in [-0.25, -0.2) is 4.98 Å². The van der Waals surface area contributed by atoms with Gasteiger partial charge in [0.25, 0.3) is 0 Å². The SMILES string of the molecule is NC(CO)c1ccc2nc(C3CC3)sc2c1. The zero-order valence-corrected chi connectivity index (χ0v) is 9.70. The molecule has 16 heavy (non-hydrogen) atoms. The maximum atomic E-state index is 9.03. The van der Waals surface area contributed by atoms with E-state index in [1.165, 1.54) is 22.5 Å². The topological polar surface area (TPSA) is 59.1 Å². The number of hydrogen-bond acceptors (Lipinski definition) is 4. The van der Waals surface area contributed by atoms with Crippen LogP contribution in [0.1, 0.15) is 35.4 Å². The lowest BCUT2D eigenvalue weighted by molar-refractivity contribution is 0.268. The fourth-order valence-electron chi connectivity index (χ4n) is 1.80. The molecule has 1 unspecified atom stereocenters. The van der Waals surface area contributed by atoms with E-state index in [1.54, 1.807) is 11.3 Å². The number of hydrogen-bond donors (Lipinski definition) is 2. The number of fused-ring (bicyclic) bond motifs is 1. The van der Waals surface area contributed by atoms with Crippen LogP contribution in [-0.2, 0) is 0 Å². The number of benzene rings is 1. The van der Waals surface area contributed by atoms with E-state index in [9.17, 15) is 0 Å². The molecule has 1 atom stereocenters. The molecular formula is C12H14N2OS. The van der Waals surface area contributed by atoms with Crippen molar-refractivity contribution >= 4 is 21.6 Å². The van der Waals surface area contributed by atoms with Crippen LogP contribution in [0.15, 0.2) is 18.2 Å². The van der Waals surface area contributed by atoms with E-state index < -0.39 is 0 Å². The lowest BCUT2D eigenvalue weighted by Crippen LogP contribution is -2.13. The van der Waals surface area contributed by atoms with Crippen molar-refractivity contribution in [3.05, 3.63) is 28.8 Å². The number of aromatic nitrogens is 1. The van der Waals surface area contributed by atoms with E-state index in [0.29, 0.717) is 5.92 Å². The summed E-state index contributed by atoms with van der Waals surface area (Å²) >= 11 is 1.76. The molecule has 0 spiro atoms.